The molecule has 2 rings (SSSR count). The molecule has 1 aromatic heterocycles. The van der Waals surface area contributed by atoms with Gasteiger partial charge in [0.25, 0.3) is 0 Å². The summed E-state index contributed by atoms with van der Waals surface area (Å²) in [7, 11) is 1.64. The molecule has 20 heavy (non-hydrogen) atoms. The molecule has 2 aromatic rings. The molecule has 1 heterocycles. The van der Waals surface area contributed by atoms with E-state index in [-0.39, 0.29) is 6.04 Å². The fraction of sp³-hybridized carbons (Fsp3) is 0.312. The second kappa shape index (κ2) is 6.78. The van der Waals surface area contributed by atoms with E-state index < -0.39 is 0 Å². The van der Waals surface area contributed by atoms with Gasteiger partial charge >= 0.3 is 0 Å². The molecule has 0 aliphatic heterocycles. The first-order valence-electron chi connectivity index (χ1n) is 6.55. The Balaban J connectivity index is 1.97. The van der Waals surface area contributed by atoms with Gasteiger partial charge in [0.15, 0.2) is 0 Å². The Bertz CT molecular complexity index is 585. The van der Waals surface area contributed by atoms with Crippen LogP contribution in [-0.4, -0.2) is 13.2 Å². The highest BCUT2D eigenvalue weighted by molar-refractivity contribution is 5.42. The monoisotopic (exact) mass is 270 g/mol. The highest BCUT2D eigenvalue weighted by Gasteiger charge is 2.08. The number of benzene rings is 1. The SMILES string of the molecule is COc1ccc(C#N)cc1CNC(C)Cc1ccco1. The van der Waals surface area contributed by atoms with Crippen molar-refractivity contribution >= 4 is 0 Å². The van der Waals surface area contributed by atoms with Crippen LogP contribution >= 0.6 is 0 Å². The van der Waals surface area contributed by atoms with Crippen LogP contribution in [0.5, 0.6) is 5.75 Å². The second-order valence-electron chi connectivity index (χ2n) is 4.70. The first kappa shape index (κ1) is 14.2. The van der Waals surface area contributed by atoms with Crippen molar-refractivity contribution in [2.75, 3.05) is 7.11 Å². The van der Waals surface area contributed by atoms with Crippen LogP contribution in [-0.2, 0) is 13.0 Å². The maximum Gasteiger partial charge on any atom is 0.123 e. The van der Waals surface area contributed by atoms with Crippen molar-refractivity contribution in [2.24, 2.45) is 0 Å². The smallest absolute Gasteiger partial charge is 0.123 e. The van der Waals surface area contributed by atoms with E-state index in [1.54, 1.807) is 19.4 Å². The second-order valence-corrected chi connectivity index (χ2v) is 4.70. The number of methoxy groups -OCH3 is 1. The first-order valence-corrected chi connectivity index (χ1v) is 6.55. The summed E-state index contributed by atoms with van der Waals surface area (Å²) in [5.74, 6) is 1.75. The number of hydrogen-bond acceptors (Lipinski definition) is 4. The van der Waals surface area contributed by atoms with Crippen LogP contribution in [0, 0.1) is 11.3 Å². The van der Waals surface area contributed by atoms with E-state index in [9.17, 15) is 0 Å². The summed E-state index contributed by atoms with van der Waals surface area (Å²) in [6.45, 7) is 2.75. The quantitative estimate of drug-likeness (QED) is 0.876. The van der Waals surface area contributed by atoms with E-state index >= 15 is 0 Å². The molecule has 1 N–H and O–H groups in total. The van der Waals surface area contributed by atoms with Gasteiger partial charge in [-0.2, -0.15) is 5.26 Å². The number of furan rings is 1. The highest BCUT2D eigenvalue weighted by Crippen LogP contribution is 2.19. The maximum absolute atomic E-state index is 8.95. The van der Waals surface area contributed by atoms with Gasteiger partial charge in [-0.15, -0.1) is 0 Å². The number of rotatable bonds is 6. The molecule has 1 atom stereocenters. The van der Waals surface area contributed by atoms with Crippen LogP contribution in [0.2, 0.25) is 0 Å². The number of nitrogens with one attached hydrogen (secondary N) is 1. The normalized spacial score (nSPS) is 11.8. The molecule has 0 amide bonds. The lowest BCUT2D eigenvalue weighted by atomic mass is 10.1. The van der Waals surface area contributed by atoms with Gasteiger partial charge in [0.1, 0.15) is 11.5 Å². The van der Waals surface area contributed by atoms with E-state index in [1.165, 1.54) is 0 Å². The fourth-order valence-corrected chi connectivity index (χ4v) is 2.07. The zero-order valence-corrected chi connectivity index (χ0v) is 11.7. The molecule has 1 unspecified atom stereocenters. The van der Waals surface area contributed by atoms with Gasteiger partial charge in [0.2, 0.25) is 0 Å². The third kappa shape index (κ3) is 3.62. The van der Waals surface area contributed by atoms with Gasteiger partial charge in [-0.25, -0.2) is 0 Å². The minimum Gasteiger partial charge on any atom is -0.496 e. The lowest BCUT2D eigenvalue weighted by Crippen LogP contribution is -2.27. The van der Waals surface area contributed by atoms with Gasteiger partial charge < -0.3 is 14.5 Å². The van der Waals surface area contributed by atoms with Crippen molar-refractivity contribution in [2.45, 2.75) is 25.9 Å². The molecule has 0 aliphatic rings. The summed E-state index contributed by atoms with van der Waals surface area (Å²) in [5, 5.41) is 12.4. The van der Waals surface area contributed by atoms with Crippen molar-refractivity contribution < 1.29 is 9.15 Å². The Morgan fingerprint density at radius 3 is 2.90 bits per heavy atom. The molecule has 4 nitrogen and oxygen atoms in total. The molecule has 0 saturated carbocycles. The average Bonchev–Trinajstić information content (AvgIpc) is 2.97. The van der Waals surface area contributed by atoms with Crippen LogP contribution < -0.4 is 10.1 Å². The van der Waals surface area contributed by atoms with E-state index in [1.807, 2.05) is 24.3 Å². The minimum atomic E-state index is 0.275. The van der Waals surface area contributed by atoms with Crippen LogP contribution in [0.25, 0.3) is 0 Å². The van der Waals surface area contributed by atoms with E-state index in [2.05, 4.69) is 18.3 Å². The number of nitriles is 1. The summed E-state index contributed by atoms with van der Waals surface area (Å²) in [6.07, 6.45) is 2.51. The van der Waals surface area contributed by atoms with E-state index in [0.717, 1.165) is 23.5 Å². The lowest BCUT2D eigenvalue weighted by Gasteiger charge is -2.14. The molecule has 4 heteroatoms. The third-order valence-corrected chi connectivity index (χ3v) is 3.14. The third-order valence-electron chi connectivity index (χ3n) is 3.14. The maximum atomic E-state index is 8.95. The summed E-state index contributed by atoms with van der Waals surface area (Å²) in [6, 6.07) is 11.7. The minimum absolute atomic E-state index is 0.275. The Hall–Kier alpha value is -2.25. The Morgan fingerprint density at radius 2 is 2.25 bits per heavy atom. The van der Waals surface area contributed by atoms with E-state index in [0.29, 0.717) is 12.1 Å². The molecule has 104 valence electrons. The zero-order valence-electron chi connectivity index (χ0n) is 11.7. The van der Waals surface area contributed by atoms with E-state index in [4.69, 9.17) is 14.4 Å². The van der Waals surface area contributed by atoms with Gasteiger partial charge in [0.05, 0.1) is 25.0 Å². The predicted octanol–water partition coefficient (Wildman–Crippen LogP) is 2.88. The molecule has 1 aromatic carbocycles. The largest absolute Gasteiger partial charge is 0.496 e. The molecule has 0 bridgehead atoms. The summed E-state index contributed by atoms with van der Waals surface area (Å²) in [4.78, 5) is 0. The molecular formula is C16H18N2O2. The molecular weight excluding hydrogens is 252 g/mol. The van der Waals surface area contributed by atoms with Crippen molar-refractivity contribution in [3.8, 4) is 11.8 Å². The summed E-state index contributed by atoms with van der Waals surface area (Å²) < 4.78 is 10.6. The Kier molecular flexibility index (Phi) is 4.80. The van der Waals surface area contributed by atoms with Gasteiger partial charge in [-0.1, -0.05) is 0 Å². The van der Waals surface area contributed by atoms with Crippen LogP contribution in [0.15, 0.2) is 41.0 Å². The van der Waals surface area contributed by atoms with Gasteiger partial charge in [-0.05, 0) is 37.3 Å². The van der Waals surface area contributed by atoms with Gasteiger partial charge in [0, 0.05) is 24.6 Å². The van der Waals surface area contributed by atoms with Crippen molar-refractivity contribution in [1.29, 1.82) is 5.26 Å². The zero-order chi connectivity index (χ0) is 14.4. The standard InChI is InChI=1S/C16H18N2O2/c1-12(8-15-4-3-7-20-15)18-11-14-9-13(10-17)5-6-16(14)19-2/h3-7,9,12,18H,8,11H2,1-2H3. The predicted molar refractivity (Wildman–Crippen MR) is 76.4 cm³/mol. The first-order chi connectivity index (χ1) is 9.72. The molecule has 0 aliphatic carbocycles. The van der Waals surface area contributed by atoms with Crippen LogP contribution in [0.1, 0.15) is 23.8 Å². The molecule has 0 saturated heterocycles. The summed E-state index contributed by atoms with van der Waals surface area (Å²) in [5.41, 5.74) is 1.62. The van der Waals surface area contributed by atoms with Crippen molar-refractivity contribution in [1.82, 2.24) is 5.32 Å². The fourth-order valence-electron chi connectivity index (χ4n) is 2.07. The van der Waals surface area contributed by atoms with Crippen molar-refractivity contribution in [3.63, 3.8) is 0 Å². The number of ether oxygens (including phenoxy) is 1. The summed E-state index contributed by atoms with van der Waals surface area (Å²) >= 11 is 0. The molecule has 0 spiro atoms. The van der Waals surface area contributed by atoms with Crippen molar-refractivity contribution in [3.05, 3.63) is 53.5 Å². The van der Waals surface area contributed by atoms with Gasteiger partial charge in [-0.3, -0.25) is 0 Å². The average molecular weight is 270 g/mol. The Morgan fingerprint density at radius 1 is 1.40 bits per heavy atom. The number of hydrogen-bond donors (Lipinski definition) is 1. The molecule has 0 radical (unpaired) electrons. The van der Waals surface area contributed by atoms with Crippen LogP contribution in [0.3, 0.4) is 0 Å². The number of nitrogens with zero attached hydrogens (tertiary/aromatic N) is 1. The highest BCUT2D eigenvalue weighted by atomic mass is 16.5. The van der Waals surface area contributed by atoms with Crippen LogP contribution in [0.4, 0.5) is 0 Å². The molecule has 0 fully saturated rings. The lowest BCUT2D eigenvalue weighted by molar-refractivity contribution is 0.403. The Labute approximate surface area is 119 Å². The topological polar surface area (TPSA) is 58.2 Å².